The van der Waals surface area contributed by atoms with Gasteiger partial charge in [-0.25, -0.2) is 14.5 Å². The molecule has 1 heterocycles. The van der Waals surface area contributed by atoms with E-state index in [1.54, 1.807) is 20.8 Å². The fraction of sp³-hybridized carbons (Fsp3) is 0.700. The molecule has 1 aliphatic heterocycles. The predicted molar refractivity (Wildman–Crippen MR) is 53.7 cm³/mol. The first-order valence-electron chi connectivity index (χ1n) is 5.00. The van der Waals surface area contributed by atoms with Crippen molar-refractivity contribution >= 4 is 18.0 Å². The number of likely N-dealkylation sites (tertiary alicyclic amines) is 1. The maximum absolute atomic E-state index is 11.6. The van der Waals surface area contributed by atoms with Crippen LogP contribution < -0.4 is 0 Å². The van der Waals surface area contributed by atoms with E-state index in [1.807, 2.05) is 0 Å². The van der Waals surface area contributed by atoms with Crippen molar-refractivity contribution in [1.82, 2.24) is 4.90 Å². The molecule has 0 aromatic carbocycles. The molecule has 1 N–H and O–H groups in total. The molecule has 0 bridgehead atoms. The molecule has 0 aromatic heterocycles. The molecular weight excluding hydrogens is 214 g/mol. The third kappa shape index (κ3) is 2.71. The Morgan fingerprint density at radius 2 is 2.00 bits per heavy atom. The van der Waals surface area contributed by atoms with Crippen LogP contribution in [-0.2, 0) is 14.3 Å². The van der Waals surface area contributed by atoms with Gasteiger partial charge in [0.15, 0.2) is 0 Å². The predicted octanol–water partition coefficient (Wildman–Crippen LogP) is 0.997. The Morgan fingerprint density at radius 3 is 2.44 bits per heavy atom. The van der Waals surface area contributed by atoms with E-state index in [1.165, 1.54) is 0 Å². The highest BCUT2D eigenvalue weighted by Gasteiger charge is 2.42. The average molecular weight is 229 g/mol. The molecule has 90 valence electrons. The van der Waals surface area contributed by atoms with E-state index < -0.39 is 29.6 Å². The first-order valence-corrected chi connectivity index (χ1v) is 5.00. The molecule has 1 aliphatic rings. The molecular formula is C10H15NO5. The first-order chi connectivity index (χ1) is 7.22. The number of carbonyl (C=O) groups is 3. The van der Waals surface area contributed by atoms with Gasteiger partial charge in [0.25, 0.3) is 0 Å². The Bertz CT molecular complexity index is 331. The molecule has 2 amide bonds. The van der Waals surface area contributed by atoms with E-state index in [4.69, 9.17) is 9.84 Å². The Labute approximate surface area is 93.2 Å². The fourth-order valence-electron chi connectivity index (χ4n) is 1.46. The Kier molecular flexibility index (Phi) is 3.21. The number of hydrogen-bond acceptors (Lipinski definition) is 4. The summed E-state index contributed by atoms with van der Waals surface area (Å²) in [6.07, 6.45) is -0.675. The number of aliphatic carboxylic acids is 1. The van der Waals surface area contributed by atoms with Crippen molar-refractivity contribution in [2.24, 2.45) is 0 Å². The SMILES string of the molecule is CC(C)(C)OC(=O)N1C(=O)CC[C@@H]1C(=O)O. The topological polar surface area (TPSA) is 83.9 Å². The number of hydrogen-bond donors (Lipinski definition) is 1. The van der Waals surface area contributed by atoms with Crippen LogP contribution in [0.1, 0.15) is 33.6 Å². The summed E-state index contributed by atoms with van der Waals surface area (Å²) >= 11 is 0. The molecule has 1 fully saturated rings. The summed E-state index contributed by atoms with van der Waals surface area (Å²) in [5.41, 5.74) is -0.747. The maximum Gasteiger partial charge on any atom is 0.417 e. The van der Waals surface area contributed by atoms with Gasteiger partial charge in [-0.05, 0) is 27.2 Å². The Hall–Kier alpha value is -1.59. The number of carbonyl (C=O) groups excluding carboxylic acids is 2. The molecule has 0 radical (unpaired) electrons. The number of amides is 2. The highest BCUT2D eigenvalue weighted by atomic mass is 16.6. The molecule has 6 heteroatoms. The number of imide groups is 1. The summed E-state index contributed by atoms with van der Waals surface area (Å²) in [6, 6.07) is -1.10. The normalized spacial score (nSPS) is 21.1. The minimum absolute atomic E-state index is 0.0657. The van der Waals surface area contributed by atoms with Crippen molar-refractivity contribution in [2.75, 3.05) is 0 Å². The lowest BCUT2D eigenvalue weighted by atomic mass is 10.2. The summed E-state index contributed by atoms with van der Waals surface area (Å²) in [5.74, 6) is -1.68. The van der Waals surface area contributed by atoms with E-state index in [2.05, 4.69) is 0 Å². The standard InChI is InChI=1S/C10H15NO5/c1-10(2,3)16-9(15)11-6(8(13)14)4-5-7(11)12/h6H,4-5H2,1-3H3,(H,13,14)/t6-/m1/s1. The van der Waals surface area contributed by atoms with Crippen molar-refractivity contribution in [3.63, 3.8) is 0 Å². The van der Waals surface area contributed by atoms with Gasteiger partial charge in [0.05, 0.1) is 0 Å². The number of nitrogens with zero attached hydrogens (tertiary/aromatic N) is 1. The van der Waals surface area contributed by atoms with Gasteiger partial charge in [-0.3, -0.25) is 4.79 Å². The Morgan fingerprint density at radius 1 is 1.44 bits per heavy atom. The highest BCUT2D eigenvalue weighted by molar-refractivity contribution is 5.99. The van der Waals surface area contributed by atoms with Crippen molar-refractivity contribution < 1.29 is 24.2 Å². The quantitative estimate of drug-likeness (QED) is 0.725. The van der Waals surface area contributed by atoms with Gasteiger partial charge in [-0.1, -0.05) is 0 Å². The first kappa shape index (κ1) is 12.5. The third-order valence-electron chi connectivity index (χ3n) is 2.09. The van der Waals surface area contributed by atoms with Crippen molar-refractivity contribution in [3.8, 4) is 0 Å². The molecule has 1 atom stereocenters. The van der Waals surface area contributed by atoms with Gasteiger partial charge < -0.3 is 9.84 Å². The molecule has 16 heavy (non-hydrogen) atoms. The van der Waals surface area contributed by atoms with Crippen molar-refractivity contribution in [2.45, 2.75) is 45.3 Å². The lowest BCUT2D eigenvalue weighted by Crippen LogP contribution is -2.45. The van der Waals surface area contributed by atoms with E-state index >= 15 is 0 Å². The second kappa shape index (κ2) is 4.11. The lowest BCUT2D eigenvalue weighted by molar-refractivity contribution is -0.145. The van der Waals surface area contributed by atoms with Crippen LogP contribution in [0.15, 0.2) is 0 Å². The van der Waals surface area contributed by atoms with E-state index in [0.717, 1.165) is 0 Å². The van der Waals surface area contributed by atoms with Crippen LogP contribution in [0.3, 0.4) is 0 Å². The molecule has 0 aliphatic carbocycles. The van der Waals surface area contributed by atoms with Gasteiger partial charge in [0, 0.05) is 6.42 Å². The number of carboxylic acids is 1. The molecule has 0 unspecified atom stereocenters. The molecule has 1 saturated heterocycles. The van der Waals surface area contributed by atoms with Crippen LogP contribution in [0.4, 0.5) is 4.79 Å². The molecule has 6 nitrogen and oxygen atoms in total. The number of carboxylic acid groups (broad SMARTS) is 1. The molecule has 1 rings (SSSR count). The second-order valence-electron chi connectivity index (χ2n) is 4.64. The summed E-state index contributed by atoms with van der Waals surface area (Å²) in [5, 5.41) is 8.85. The monoisotopic (exact) mass is 229 g/mol. The summed E-state index contributed by atoms with van der Waals surface area (Å²) in [7, 11) is 0. The average Bonchev–Trinajstić information content (AvgIpc) is 2.43. The minimum atomic E-state index is -1.18. The van der Waals surface area contributed by atoms with E-state index in [0.29, 0.717) is 4.90 Å². The molecule has 0 saturated carbocycles. The van der Waals surface area contributed by atoms with E-state index in [9.17, 15) is 14.4 Å². The van der Waals surface area contributed by atoms with Crippen LogP contribution in [0.2, 0.25) is 0 Å². The summed E-state index contributed by atoms with van der Waals surface area (Å²) in [4.78, 5) is 34.5. The van der Waals surface area contributed by atoms with E-state index in [-0.39, 0.29) is 12.8 Å². The highest BCUT2D eigenvalue weighted by Crippen LogP contribution is 2.22. The van der Waals surface area contributed by atoms with Crippen LogP contribution in [0, 0.1) is 0 Å². The lowest BCUT2D eigenvalue weighted by Gasteiger charge is -2.25. The minimum Gasteiger partial charge on any atom is -0.480 e. The fourth-order valence-corrected chi connectivity index (χ4v) is 1.46. The second-order valence-corrected chi connectivity index (χ2v) is 4.64. The number of ether oxygens (including phenoxy) is 1. The summed E-state index contributed by atoms with van der Waals surface area (Å²) < 4.78 is 4.98. The van der Waals surface area contributed by atoms with Gasteiger partial charge in [-0.2, -0.15) is 0 Å². The van der Waals surface area contributed by atoms with Crippen molar-refractivity contribution in [1.29, 1.82) is 0 Å². The third-order valence-corrected chi connectivity index (χ3v) is 2.09. The smallest absolute Gasteiger partial charge is 0.417 e. The van der Waals surface area contributed by atoms with Crippen molar-refractivity contribution in [3.05, 3.63) is 0 Å². The van der Waals surface area contributed by atoms with Gasteiger partial charge in [0.1, 0.15) is 11.6 Å². The zero-order chi connectivity index (χ0) is 12.5. The van der Waals surface area contributed by atoms with Crippen LogP contribution in [0.5, 0.6) is 0 Å². The van der Waals surface area contributed by atoms with Crippen LogP contribution >= 0.6 is 0 Å². The zero-order valence-corrected chi connectivity index (χ0v) is 9.52. The van der Waals surface area contributed by atoms with Gasteiger partial charge >= 0.3 is 12.1 Å². The van der Waals surface area contributed by atoms with Gasteiger partial charge in [-0.15, -0.1) is 0 Å². The summed E-state index contributed by atoms with van der Waals surface area (Å²) in [6.45, 7) is 4.96. The zero-order valence-electron chi connectivity index (χ0n) is 9.52. The van der Waals surface area contributed by atoms with Crippen LogP contribution in [0.25, 0.3) is 0 Å². The Balaban J connectivity index is 2.80. The molecule has 0 aromatic rings. The van der Waals surface area contributed by atoms with Gasteiger partial charge in [0.2, 0.25) is 5.91 Å². The van der Waals surface area contributed by atoms with Crippen LogP contribution in [-0.4, -0.2) is 39.6 Å². The largest absolute Gasteiger partial charge is 0.480 e. The number of rotatable bonds is 1. The maximum atomic E-state index is 11.6. The molecule has 0 spiro atoms.